The highest BCUT2D eigenvalue weighted by Crippen LogP contribution is 2.68. The minimum Gasteiger partial charge on any atom is -0.390 e. The van der Waals surface area contributed by atoms with Crippen LogP contribution < -0.4 is 0 Å². The van der Waals surface area contributed by atoms with E-state index < -0.39 is 12.2 Å². The summed E-state index contributed by atoms with van der Waals surface area (Å²) in [4.78, 5) is 0. The van der Waals surface area contributed by atoms with Gasteiger partial charge in [0.2, 0.25) is 0 Å². The van der Waals surface area contributed by atoms with Crippen LogP contribution in [0.25, 0.3) is 0 Å². The van der Waals surface area contributed by atoms with Crippen molar-refractivity contribution in [1.82, 2.24) is 0 Å². The Morgan fingerprint density at radius 3 is 2.50 bits per heavy atom. The molecular weight excluding hydrogens is 344 g/mol. The maximum Gasteiger partial charge on any atom is 0.0804 e. The highest BCUT2D eigenvalue weighted by atomic mass is 16.3. The van der Waals surface area contributed by atoms with Gasteiger partial charge in [0.1, 0.15) is 0 Å². The molecule has 0 spiro atoms. The van der Waals surface area contributed by atoms with E-state index in [1.807, 2.05) is 0 Å². The van der Waals surface area contributed by atoms with Gasteiger partial charge in [0.15, 0.2) is 0 Å². The molecule has 4 aliphatic carbocycles. The maximum atomic E-state index is 10.5. The van der Waals surface area contributed by atoms with Crippen molar-refractivity contribution in [1.29, 1.82) is 0 Å². The molecule has 2 nitrogen and oxygen atoms in total. The Kier molecular flexibility index (Phi) is 5.77. The summed E-state index contributed by atoms with van der Waals surface area (Å²) in [7, 11) is 0. The zero-order valence-electron chi connectivity index (χ0n) is 18.6. The molecule has 0 amide bonds. The Balaban J connectivity index is 1.51. The Bertz CT molecular complexity index is 573. The topological polar surface area (TPSA) is 40.5 Å². The molecule has 0 aromatic carbocycles. The molecule has 10 atom stereocenters. The summed E-state index contributed by atoms with van der Waals surface area (Å²) in [6.07, 6.45) is 14.8. The number of fused-ring (bicyclic) bond motifs is 5. The van der Waals surface area contributed by atoms with Gasteiger partial charge in [0, 0.05) is 0 Å². The number of unbranched alkanes of at least 4 members (excludes halogenated alkanes) is 1. The van der Waals surface area contributed by atoms with Crippen molar-refractivity contribution in [2.75, 3.05) is 0 Å². The summed E-state index contributed by atoms with van der Waals surface area (Å²) in [6, 6.07) is 0. The largest absolute Gasteiger partial charge is 0.390 e. The van der Waals surface area contributed by atoms with E-state index in [-0.39, 0.29) is 5.41 Å². The third-order valence-electron chi connectivity index (χ3n) is 10.5. The lowest BCUT2D eigenvalue weighted by atomic mass is 9.44. The number of aliphatic hydroxyl groups is 2. The molecule has 1 unspecified atom stereocenters. The fraction of sp³-hybridized carbons (Fsp3) is 0.923. The minimum atomic E-state index is -0.505. The molecule has 0 aromatic heterocycles. The number of rotatable bonds is 5. The van der Waals surface area contributed by atoms with Gasteiger partial charge in [0.05, 0.1) is 12.2 Å². The van der Waals surface area contributed by atoms with E-state index in [1.165, 1.54) is 51.4 Å². The molecule has 0 aliphatic heterocycles. The van der Waals surface area contributed by atoms with Crippen molar-refractivity contribution >= 4 is 0 Å². The lowest BCUT2D eigenvalue weighted by molar-refractivity contribution is -0.160. The smallest absolute Gasteiger partial charge is 0.0804 e. The second-order valence-corrected chi connectivity index (χ2v) is 11.7. The monoisotopic (exact) mass is 388 g/mol. The lowest BCUT2D eigenvalue weighted by Gasteiger charge is -2.61. The molecule has 4 fully saturated rings. The first-order chi connectivity index (χ1) is 13.3. The van der Waals surface area contributed by atoms with Gasteiger partial charge < -0.3 is 10.2 Å². The van der Waals surface area contributed by atoms with E-state index in [0.29, 0.717) is 11.3 Å². The van der Waals surface area contributed by atoms with Crippen LogP contribution in [0.1, 0.15) is 91.4 Å². The van der Waals surface area contributed by atoms with Crippen molar-refractivity contribution in [3.05, 3.63) is 12.7 Å². The summed E-state index contributed by atoms with van der Waals surface area (Å²) in [5, 5.41) is 20.7. The zero-order chi connectivity index (χ0) is 20.1. The fourth-order valence-corrected chi connectivity index (χ4v) is 9.04. The molecule has 0 heterocycles. The van der Waals surface area contributed by atoms with Crippen LogP contribution in [0, 0.1) is 46.3 Å². The molecule has 2 N–H and O–H groups in total. The predicted octanol–water partition coefficient (Wildman–Crippen LogP) is 5.97. The summed E-state index contributed by atoms with van der Waals surface area (Å²) in [5.74, 6) is 4.86. The summed E-state index contributed by atoms with van der Waals surface area (Å²) < 4.78 is 0. The predicted molar refractivity (Wildman–Crippen MR) is 116 cm³/mol. The minimum absolute atomic E-state index is 0.247. The van der Waals surface area contributed by atoms with E-state index >= 15 is 0 Å². The molecule has 0 radical (unpaired) electrons. The normalized spacial score (nSPS) is 51.7. The Morgan fingerprint density at radius 1 is 1.00 bits per heavy atom. The van der Waals surface area contributed by atoms with Gasteiger partial charge in [-0.25, -0.2) is 0 Å². The number of hydrogen-bond acceptors (Lipinski definition) is 2. The first-order valence-corrected chi connectivity index (χ1v) is 12.3. The molecule has 4 saturated carbocycles. The SMILES string of the molecule is C=CCCC[C@@H](C)[C@H]1CC[C@H]2[C@@H]3CCC4C[C@H](O)[C@@H](O)C[C@]4(C)[C@H]3CC[C@]12C. The molecule has 0 bridgehead atoms. The van der Waals surface area contributed by atoms with E-state index in [0.717, 1.165) is 48.9 Å². The Morgan fingerprint density at radius 2 is 1.75 bits per heavy atom. The number of allylic oxidation sites excluding steroid dienone is 1. The molecule has 0 saturated heterocycles. The highest BCUT2D eigenvalue weighted by Gasteiger charge is 2.61. The van der Waals surface area contributed by atoms with Crippen LogP contribution in [0.3, 0.4) is 0 Å². The van der Waals surface area contributed by atoms with Crippen LogP contribution in [0.2, 0.25) is 0 Å². The van der Waals surface area contributed by atoms with Crippen molar-refractivity contribution in [2.24, 2.45) is 46.3 Å². The molecule has 0 aromatic rings. The van der Waals surface area contributed by atoms with Crippen LogP contribution >= 0.6 is 0 Å². The first-order valence-electron chi connectivity index (χ1n) is 12.3. The van der Waals surface area contributed by atoms with Crippen LogP contribution in [0.4, 0.5) is 0 Å². The maximum absolute atomic E-state index is 10.5. The van der Waals surface area contributed by atoms with Crippen LogP contribution in [-0.4, -0.2) is 22.4 Å². The third kappa shape index (κ3) is 3.22. The van der Waals surface area contributed by atoms with Gasteiger partial charge in [-0.2, -0.15) is 0 Å². The Hall–Kier alpha value is -0.340. The van der Waals surface area contributed by atoms with Crippen LogP contribution in [0.5, 0.6) is 0 Å². The van der Waals surface area contributed by atoms with Crippen molar-refractivity contribution in [3.8, 4) is 0 Å². The zero-order valence-corrected chi connectivity index (χ0v) is 18.6. The van der Waals surface area contributed by atoms with Crippen LogP contribution in [0.15, 0.2) is 12.7 Å². The molecule has 4 rings (SSSR count). The first kappa shape index (κ1) is 20.9. The standard InChI is InChI=1S/C26H44O2/c1-5-6-7-8-17(2)20-11-12-21-19-10-9-18-15-23(27)24(28)16-26(18,4)22(19)13-14-25(20,21)3/h5,17-24,27-28H,1,6-16H2,2-4H3/t17-,18?,19+,20-,21+,22+,23+,24+,25-,26+/m1/s1. The van der Waals surface area contributed by atoms with Crippen molar-refractivity contribution in [2.45, 2.75) is 104 Å². The van der Waals surface area contributed by atoms with E-state index in [1.54, 1.807) is 0 Å². The van der Waals surface area contributed by atoms with Gasteiger partial charge in [0.25, 0.3) is 0 Å². The quantitative estimate of drug-likeness (QED) is 0.450. The fourth-order valence-electron chi connectivity index (χ4n) is 9.04. The third-order valence-corrected chi connectivity index (χ3v) is 10.5. The average Bonchev–Trinajstić information content (AvgIpc) is 3.00. The van der Waals surface area contributed by atoms with Gasteiger partial charge in [-0.15, -0.1) is 6.58 Å². The molecule has 28 heavy (non-hydrogen) atoms. The van der Waals surface area contributed by atoms with Gasteiger partial charge in [-0.1, -0.05) is 33.3 Å². The van der Waals surface area contributed by atoms with Crippen LogP contribution in [-0.2, 0) is 0 Å². The van der Waals surface area contributed by atoms with Gasteiger partial charge in [-0.3, -0.25) is 0 Å². The Labute approximate surface area is 173 Å². The molecule has 160 valence electrons. The second kappa shape index (κ2) is 7.73. The number of hydrogen-bond donors (Lipinski definition) is 2. The van der Waals surface area contributed by atoms with Crippen molar-refractivity contribution < 1.29 is 10.2 Å². The summed E-state index contributed by atoms with van der Waals surface area (Å²) >= 11 is 0. The second-order valence-electron chi connectivity index (χ2n) is 11.7. The van der Waals surface area contributed by atoms with E-state index in [4.69, 9.17) is 0 Å². The lowest BCUT2D eigenvalue weighted by Crippen LogP contribution is -2.56. The molecular formula is C26H44O2. The van der Waals surface area contributed by atoms with E-state index in [9.17, 15) is 10.2 Å². The summed E-state index contributed by atoms with van der Waals surface area (Å²) in [5.41, 5.74) is 0.779. The van der Waals surface area contributed by atoms with Gasteiger partial charge >= 0.3 is 0 Å². The molecule has 4 aliphatic rings. The number of aliphatic hydroxyl groups excluding tert-OH is 2. The van der Waals surface area contributed by atoms with Gasteiger partial charge in [-0.05, 0) is 111 Å². The average molecular weight is 389 g/mol. The summed E-state index contributed by atoms with van der Waals surface area (Å²) in [6.45, 7) is 11.5. The van der Waals surface area contributed by atoms with E-state index in [2.05, 4.69) is 33.4 Å². The highest BCUT2D eigenvalue weighted by molar-refractivity contribution is 5.10. The molecule has 2 heteroatoms. The van der Waals surface area contributed by atoms with Crippen molar-refractivity contribution in [3.63, 3.8) is 0 Å².